The van der Waals surface area contributed by atoms with Crippen LogP contribution in [0.25, 0.3) is 0 Å². The lowest BCUT2D eigenvalue weighted by Gasteiger charge is -2.07. The maximum Gasteiger partial charge on any atom is 0.193 e. The van der Waals surface area contributed by atoms with Gasteiger partial charge in [-0.1, -0.05) is 12.1 Å². The van der Waals surface area contributed by atoms with Crippen molar-refractivity contribution >= 4 is 11.6 Å². The van der Waals surface area contributed by atoms with Gasteiger partial charge in [-0.2, -0.15) is 0 Å². The monoisotopic (exact) mass is 299 g/mol. The Bertz CT molecular complexity index is 607. The van der Waals surface area contributed by atoms with E-state index in [2.05, 4.69) is 10.3 Å². The van der Waals surface area contributed by atoms with E-state index in [1.807, 2.05) is 48.5 Å². The first-order valence-electron chi connectivity index (χ1n) is 7.05. The summed E-state index contributed by atoms with van der Waals surface area (Å²) in [4.78, 5) is 4.32. The summed E-state index contributed by atoms with van der Waals surface area (Å²) in [6, 6.07) is 15.5. The normalized spacial score (nSPS) is 11.1. The highest BCUT2D eigenvalue weighted by Crippen LogP contribution is 2.14. The number of aliphatic imine (C=N–C) groups is 1. The van der Waals surface area contributed by atoms with Crippen LogP contribution in [-0.2, 0) is 6.42 Å². The van der Waals surface area contributed by atoms with E-state index in [0.29, 0.717) is 12.5 Å². The Balaban J connectivity index is 1.83. The van der Waals surface area contributed by atoms with Crippen molar-refractivity contribution < 1.29 is 9.47 Å². The first kappa shape index (κ1) is 15.7. The van der Waals surface area contributed by atoms with Gasteiger partial charge in [0, 0.05) is 12.2 Å². The van der Waals surface area contributed by atoms with Crippen LogP contribution < -0.4 is 20.5 Å². The third kappa shape index (κ3) is 4.70. The van der Waals surface area contributed by atoms with Gasteiger partial charge in [-0.15, -0.1) is 0 Å². The zero-order valence-electron chi connectivity index (χ0n) is 12.9. The van der Waals surface area contributed by atoms with Crippen molar-refractivity contribution in [2.24, 2.45) is 10.7 Å². The molecule has 0 saturated carbocycles. The summed E-state index contributed by atoms with van der Waals surface area (Å²) in [6.45, 7) is 0.626. The number of guanidine groups is 1. The summed E-state index contributed by atoms with van der Waals surface area (Å²) in [5, 5.41) is 3.05. The van der Waals surface area contributed by atoms with Gasteiger partial charge in [0.15, 0.2) is 5.96 Å². The molecule has 0 aromatic heterocycles. The lowest BCUT2D eigenvalue weighted by molar-refractivity contribution is 0.414. The second kappa shape index (κ2) is 7.93. The van der Waals surface area contributed by atoms with Crippen molar-refractivity contribution in [3.05, 3.63) is 54.1 Å². The molecule has 0 unspecified atom stereocenters. The zero-order chi connectivity index (χ0) is 15.8. The zero-order valence-corrected chi connectivity index (χ0v) is 12.9. The summed E-state index contributed by atoms with van der Waals surface area (Å²) in [6.07, 6.45) is 0.828. The molecule has 2 aromatic carbocycles. The smallest absolute Gasteiger partial charge is 0.193 e. The average Bonchev–Trinajstić information content (AvgIpc) is 2.56. The number of hydrogen-bond donors (Lipinski definition) is 2. The predicted octanol–water partition coefficient (Wildman–Crippen LogP) is 2.67. The summed E-state index contributed by atoms with van der Waals surface area (Å²) in [7, 11) is 3.29. The van der Waals surface area contributed by atoms with Gasteiger partial charge in [-0.05, 0) is 48.4 Å². The van der Waals surface area contributed by atoms with Crippen LogP contribution in [0.15, 0.2) is 53.5 Å². The Hall–Kier alpha value is -2.69. The first-order chi connectivity index (χ1) is 10.7. The number of ether oxygens (including phenoxy) is 2. The van der Waals surface area contributed by atoms with E-state index in [1.54, 1.807) is 14.2 Å². The van der Waals surface area contributed by atoms with Gasteiger partial charge in [0.1, 0.15) is 11.5 Å². The molecule has 0 radical (unpaired) electrons. The van der Waals surface area contributed by atoms with Gasteiger partial charge in [0.05, 0.1) is 14.2 Å². The van der Waals surface area contributed by atoms with Crippen LogP contribution in [0.2, 0.25) is 0 Å². The van der Waals surface area contributed by atoms with Crippen molar-refractivity contribution in [2.45, 2.75) is 6.42 Å². The van der Waals surface area contributed by atoms with Crippen molar-refractivity contribution in [3.63, 3.8) is 0 Å². The Morgan fingerprint density at radius 2 is 1.50 bits per heavy atom. The summed E-state index contributed by atoms with van der Waals surface area (Å²) >= 11 is 0. The molecular weight excluding hydrogens is 278 g/mol. The van der Waals surface area contributed by atoms with E-state index >= 15 is 0 Å². The molecule has 2 aromatic rings. The molecule has 0 aliphatic heterocycles. The van der Waals surface area contributed by atoms with Gasteiger partial charge < -0.3 is 20.5 Å². The van der Waals surface area contributed by atoms with Crippen LogP contribution >= 0.6 is 0 Å². The van der Waals surface area contributed by atoms with Crippen molar-refractivity contribution in [2.75, 3.05) is 26.1 Å². The first-order valence-corrected chi connectivity index (χ1v) is 7.05. The number of methoxy groups -OCH3 is 2. The second-order valence-electron chi connectivity index (χ2n) is 4.72. The van der Waals surface area contributed by atoms with Gasteiger partial charge in [-0.25, -0.2) is 0 Å². The van der Waals surface area contributed by atoms with Crippen molar-refractivity contribution in [3.8, 4) is 11.5 Å². The maximum atomic E-state index is 5.87. The fraction of sp³-hybridized carbons (Fsp3) is 0.235. The van der Waals surface area contributed by atoms with E-state index in [0.717, 1.165) is 23.6 Å². The van der Waals surface area contributed by atoms with E-state index in [-0.39, 0.29) is 0 Å². The van der Waals surface area contributed by atoms with Crippen LogP contribution in [0.1, 0.15) is 5.56 Å². The molecular formula is C17H21N3O2. The molecule has 22 heavy (non-hydrogen) atoms. The molecule has 5 heteroatoms. The molecule has 0 saturated heterocycles. The largest absolute Gasteiger partial charge is 0.497 e. The molecule has 0 atom stereocenters. The van der Waals surface area contributed by atoms with Crippen LogP contribution in [0.3, 0.4) is 0 Å². The molecule has 0 bridgehead atoms. The van der Waals surface area contributed by atoms with Crippen LogP contribution in [0.4, 0.5) is 5.69 Å². The summed E-state index contributed by atoms with van der Waals surface area (Å²) in [5.41, 5.74) is 7.95. The fourth-order valence-electron chi connectivity index (χ4n) is 1.96. The molecule has 0 amide bonds. The quantitative estimate of drug-likeness (QED) is 0.635. The van der Waals surface area contributed by atoms with E-state index < -0.39 is 0 Å². The highest BCUT2D eigenvalue weighted by Gasteiger charge is 1.97. The van der Waals surface area contributed by atoms with Crippen LogP contribution in [0.5, 0.6) is 11.5 Å². The summed E-state index contributed by atoms with van der Waals surface area (Å²) < 4.78 is 10.2. The third-order valence-electron chi connectivity index (χ3n) is 3.20. The molecule has 5 nitrogen and oxygen atoms in total. The maximum absolute atomic E-state index is 5.87. The minimum atomic E-state index is 0.402. The van der Waals surface area contributed by atoms with Gasteiger partial charge in [0.2, 0.25) is 0 Å². The SMILES string of the molecule is COc1ccc(CCN=C(N)Nc2ccc(OC)cc2)cc1. The Kier molecular flexibility index (Phi) is 5.65. The molecule has 3 N–H and O–H groups in total. The third-order valence-corrected chi connectivity index (χ3v) is 3.20. The number of nitrogens with two attached hydrogens (primary N) is 1. The minimum Gasteiger partial charge on any atom is -0.497 e. The van der Waals surface area contributed by atoms with Gasteiger partial charge >= 0.3 is 0 Å². The summed E-state index contributed by atoms with van der Waals surface area (Å²) in [5.74, 6) is 2.06. The molecule has 0 aliphatic carbocycles. The van der Waals surface area contributed by atoms with Crippen LogP contribution in [0, 0.1) is 0 Å². The lowest BCUT2D eigenvalue weighted by Crippen LogP contribution is -2.23. The van der Waals surface area contributed by atoms with Crippen molar-refractivity contribution in [1.29, 1.82) is 0 Å². The Labute approximate surface area is 130 Å². The second-order valence-corrected chi connectivity index (χ2v) is 4.72. The number of hydrogen-bond acceptors (Lipinski definition) is 3. The highest BCUT2D eigenvalue weighted by atomic mass is 16.5. The molecule has 0 aliphatic rings. The molecule has 2 rings (SSSR count). The van der Waals surface area contributed by atoms with Crippen molar-refractivity contribution in [1.82, 2.24) is 0 Å². The Morgan fingerprint density at radius 3 is 2.05 bits per heavy atom. The highest BCUT2D eigenvalue weighted by molar-refractivity contribution is 5.92. The molecule has 0 spiro atoms. The average molecular weight is 299 g/mol. The number of nitrogens with zero attached hydrogens (tertiary/aromatic N) is 1. The molecule has 0 heterocycles. The van der Waals surface area contributed by atoms with Gasteiger partial charge in [0.25, 0.3) is 0 Å². The topological polar surface area (TPSA) is 68.9 Å². The van der Waals surface area contributed by atoms with E-state index in [1.165, 1.54) is 5.56 Å². The Morgan fingerprint density at radius 1 is 0.955 bits per heavy atom. The number of nitrogens with one attached hydrogen (secondary N) is 1. The van der Waals surface area contributed by atoms with Crippen LogP contribution in [-0.4, -0.2) is 26.7 Å². The molecule has 0 fully saturated rings. The standard InChI is InChI=1S/C17H21N3O2/c1-21-15-7-3-13(4-8-15)11-12-19-17(18)20-14-5-9-16(22-2)10-6-14/h3-10H,11-12H2,1-2H3,(H3,18,19,20). The van der Waals surface area contributed by atoms with E-state index in [4.69, 9.17) is 15.2 Å². The number of benzene rings is 2. The fourth-order valence-corrected chi connectivity index (χ4v) is 1.96. The molecule has 116 valence electrons. The van der Waals surface area contributed by atoms with E-state index in [9.17, 15) is 0 Å². The minimum absolute atomic E-state index is 0.402. The van der Waals surface area contributed by atoms with Gasteiger partial charge in [-0.3, -0.25) is 4.99 Å². The number of rotatable bonds is 6. The lowest BCUT2D eigenvalue weighted by atomic mass is 10.1. The number of anilines is 1. The predicted molar refractivity (Wildman–Crippen MR) is 89.8 cm³/mol.